The highest BCUT2D eigenvalue weighted by molar-refractivity contribution is 6.29. The van der Waals surface area contributed by atoms with Crippen LogP contribution >= 0.6 is 11.6 Å². The molecular formula is C21H28ClN5O2. The van der Waals surface area contributed by atoms with Crippen LogP contribution in [0.3, 0.4) is 0 Å². The Labute approximate surface area is 176 Å². The summed E-state index contributed by atoms with van der Waals surface area (Å²) in [5.41, 5.74) is 9.37. The topological polar surface area (TPSA) is 97.4 Å². The van der Waals surface area contributed by atoms with Gasteiger partial charge in [-0.15, -0.1) is 0 Å². The van der Waals surface area contributed by atoms with Gasteiger partial charge < -0.3 is 20.5 Å². The maximum atomic E-state index is 10.0. The van der Waals surface area contributed by atoms with E-state index in [4.69, 9.17) is 32.0 Å². The van der Waals surface area contributed by atoms with Crippen molar-refractivity contribution < 1.29 is 9.84 Å². The summed E-state index contributed by atoms with van der Waals surface area (Å²) in [6.07, 6.45) is 5.72. The first-order chi connectivity index (χ1) is 14.0. The van der Waals surface area contributed by atoms with Crippen molar-refractivity contribution in [2.24, 2.45) is 11.1 Å². The Morgan fingerprint density at radius 1 is 1.24 bits per heavy atom. The summed E-state index contributed by atoms with van der Waals surface area (Å²) >= 11 is 5.99. The van der Waals surface area contributed by atoms with E-state index in [0.717, 1.165) is 43.9 Å². The molecule has 29 heavy (non-hydrogen) atoms. The van der Waals surface area contributed by atoms with Crippen molar-refractivity contribution in [3.05, 3.63) is 28.7 Å². The molecule has 1 saturated carbocycles. The van der Waals surface area contributed by atoms with E-state index in [1.54, 1.807) is 13.2 Å². The van der Waals surface area contributed by atoms with Crippen molar-refractivity contribution in [3.63, 3.8) is 0 Å². The summed E-state index contributed by atoms with van der Waals surface area (Å²) in [6, 6.07) is 3.82. The first-order valence-corrected chi connectivity index (χ1v) is 10.5. The third-order valence-electron chi connectivity index (χ3n) is 6.58. The van der Waals surface area contributed by atoms with Gasteiger partial charge in [-0.3, -0.25) is 0 Å². The van der Waals surface area contributed by atoms with Crippen molar-refractivity contribution in [2.75, 3.05) is 25.1 Å². The number of anilines is 1. The molecule has 3 N–H and O–H groups in total. The van der Waals surface area contributed by atoms with Gasteiger partial charge >= 0.3 is 0 Å². The third kappa shape index (κ3) is 3.67. The number of nitrogens with two attached hydrogens (primary N) is 1. The summed E-state index contributed by atoms with van der Waals surface area (Å²) in [4.78, 5) is 16.0. The van der Waals surface area contributed by atoms with E-state index in [0.29, 0.717) is 34.0 Å². The number of hydrogen-bond donors (Lipinski definition) is 2. The standard InChI is InChI=1S/C21H28ClN5O2/c1-13-18(14-5-6-17(22)26-20(14)29-2)25-15(12-28)19(24-13)27-10-8-21(9-11-27)7-3-4-16(21)23/h5-6,16,28H,3-4,7-12,23H2,1-2H3/t16-/m1/s1. The predicted molar refractivity (Wildman–Crippen MR) is 113 cm³/mol. The molecule has 0 aromatic carbocycles. The average Bonchev–Trinajstić information content (AvgIpc) is 3.08. The van der Waals surface area contributed by atoms with E-state index >= 15 is 0 Å². The number of piperidine rings is 1. The molecule has 2 fully saturated rings. The van der Waals surface area contributed by atoms with Crippen LogP contribution in [0.5, 0.6) is 5.88 Å². The number of nitrogens with zero attached hydrogens (tertiary/aromatic N) is 4. The van der Waals surface area contributed by atoms with Crippen LogP contribution in [0.15, 0.2) is 12.1 Å². The van der Waals surface area contributed by atoms with Crippen LogP contribution in [0.1, 0.15) is 43.5 Å². The van der Waals surface area contributed by atoms with Crippen LogP contribution in [-0.2, 0) is 6.61 Å². The SMILES string of the molecule is COc1nc(Cl)ccc1-c1nc(CO)c(N2CCC3(CCC[C@H]3N)CC2)nc1C. The summed E-state index contributed by atoms with van der Waals surface area (Å²) < 4.78 is 5.37. The van der Waals surface area contributed by atoms with Gasteiger partial charge in [-0.1, -0.05) is 18.0 Å². The Balaban J connectivity index is 1.64. The zero-order chi connectivity index (χ0) is 20.6. The highest BCUT2D eigenvalue weighted by atomic mass is 35.5. The number of rotatable bonds is 4. The van der Waals surface area contributed by atoms with Crippen molar-refractivity contribution >= 4 is 17.4 Å². The molecule has 4 rings (SSSR count). The molecule has 3 heterocycles. The minimum Gasteiger partial charge on any atom is -0.480 e. The summed E-state index contributed by atoms with van der Waals surface area (Å²) in [7, 11) is 1.55. The number of halogens is 1. The number of aromatic nitrogens is 3. The predicted octanol–water partition coefficient (Wildman–Crippen LogP) is 3.10. The van der Waals surface area contributed by atoms with Gasteiger partial charge in [0.2, 0.25) is 5.88 Å². The van der Waals surface area contributed by atoms with Crippen molar-refractivity contribution in [3.8, 4) is 17.1 Å². The van der Waals surface area contributed by atoms with E-state index in [1.165, 1.54) is 12.8 Å². The lowest BCUT2D eigenvalue weighted by molar-refractivity contribution is 0.196. The average molecular weight is 418 g/mol. The third-order valence-corrected chi connectivity index (χ3v) is 6.79. The molecule has 0 amide bonds. The smallest absolute Gasteiger partial charge is 0.224 e. The minimum absolute atomic E-state index is 0.180. The van der Waals surface area contributed by atoms with Gasteiger partial charge in [0, 0.05) is 19.1 Å². The number of aryl methyl sites for hydroxylation is 1. The Bertz CT molecular complexity index is 899. The summed E-state index contributed by atoms with van der Waals surface area (Å²) in [5, 5.41) is 10.4. The van der Waals surface area contributed by atoms with Crippen LogP contribution in [-0.4, -0.2) is 46.3 Å². The largest absolute Gasteiger partial charge is 0.480 e. The van der Waals surface area contributed by atoms with Crippen LogP contribution in [0.25, 0.3) is 11.3 Å². The van der Waals surface area contributed by atoms with Crippen LogP contribution in [0, 0.1) is 12.3 Å². The number of hydrogen-bond acceptors (Lipinski definition) is 7. The fraction of sp³-hybridized carbons (Fsp3) is 0.571. The second-order valence-electron chi connectivity index (χ2n) is 8.12. The second-order valence-corrected chi connectivity index (χ2v) is 8.51. The molecule has 2 aromatic rings. The molecule has 1 aliphatic carbocycles. The Kier molecular flexibility index (Phi) is 5.64. The Morgan fingerprint density at radius 2 is 2.00 bits per heavy atom. The molecule has 0 unspecified atom stereocenters. The second kappa shape index (κ2) is 8.05. The van der Waals surface area contributed by atoms with Crippen molar-refractivity contribution in [2.45, 2.75) is 51.7 Å². The zero-order valence-corrected chi connectivity index (χ0v) is 17.7. The lowest BCUT2D eigenvalue weighted by Gasteiger charge is -2.42. The molecular weight excluding hydrogens is 390 g/mol. The molecule has 156 valence electrons. The summed E-state index contributed by atoms with van der Waals surface area (Å²) in [5.74, 6) is 1.15. The molecule has 0 radical (unpaired) electrons. The fourth-order valence-electron chi connectivity index (χ4n) is 4.86. The first kappa shape index (κ1) is 20.3. The molecule has 2 aliphatic rings. The lowest BCUT2D eigenvalue weighted by atomic mass is 9.74. The van der Waals surface area contributed by atoms with E-state index in [1.807, 2.05) is 13.0 Å². The van der Waals surface area contributed by atoms with Crippen molar-refractivity contribution in [1.82, 2.24) is 15.0 Å². The van der Waals surface area contributed by atoms with E-state index in [9.17, 15) is 5.11 Å². The molecule has 0 bridgehead atoms. The maximum Gasteiger partial charge on any atom is 0.224 e. The van der Waals surface area contributed by atoms with E-state index < -0.39 is 0 Å². The zero-order valence-electron chi connectivity index (χ0n) is 17.0. The van der Waals surface area contributed by atoms with Gasteiger partial charge in [0.15, 0.2) is 5.82 Å². The molecule has 8 heteroatoms. The minimum atomic E-state index is -0.180. The Hall–Kier alpha value is -1.96. The molecule has 2 aromatic heterocycles. The Morgan fingerprint density at radius 3 is 2.62 bits per heavy atom. The number of pyridine rings is 1. The monoisotopic (exact) mass is 417 g/mol. The number of aliphatic hydroxyl groups is 1. The van der Waals surface area contributed by atoms with Gasteiger partial charge in [0.1, 0.15) is 10.8 Å². The van der Waals surface area contributed by atoms with Crippen LogP contribution in [0.4, 0.5) is 5.82 Å². The van der Waals surface area contributed by atoms with Crippen LogP contribution < -0.4 is 15.4 Å². The molecule has 1 spiro atoms. The highest BCUT2D eigenvalue weighted by Gasteiger charge is 2.43. The number of aliphatic hydroxyl groups excluding tert-OH is 1. The first-order valence-electron chi connectivity index (χ1n) is 10.2. The van der Waals surface area contributed by atoms with Gasteiger partial charge in [0.05, 0.1) is 30.7 Å². The fourth-order valence-corrected chi connectivity index (χ4v) is 5.00. The normalized spacial score (nSPS) is 21.0. The summed E-state index contributed by atoms with van der Waals surface area (Å²) in [6.45, 7) is 3.51. The maximum absolute atomic E-state index is 10.0. The lowest BCUT2D eigenvalue weighted by Crippen LogP contribution is -2.47. The van der Waals surface area contributed by atoms with Gasteiger partial charge in [-0.2, -0.15) is 0 Å². The highest BCUT2D eigenvalue weighted by Crippen LogP contribution is 2.46. The molecule has 7 nitrogen and oxygen atoms in total. The van der Waals surface area contributed by atoms with Crippen LogP contribution in [0.2, 0.25) is 5.15 Å². The van der Waals surface area contributed by atoms with E-state index in [2.05, 4.69) is 9.88 Å². The van der Waals surface area contributed by atoms with Gasteiger partial charge in [0.25, 0.3) is 0 Å². The molecule has 1 saturated heterocycles. The van der Waals surface area contributed by atoms with Gasteiger partial charge in [-0.25, -0.2) is 15.0 Å². The number of methoxy groups -OCH3 is 1. The molecule has 1 atom stereocenters. The van der Waals surface area contributed by atoms with Gasteiger partial charge in [-0.05, 0) is 50.2 Å². The molecule has 1 aliphatic heterocycles. The quantitative estimate of drug-likeness (QED) is 0.737. The van der Waals surface area contributed by atoms with E-state index in [-0.39, 0.29) is 12.0 Å². The van der Waals surface area contributed by atoms with Crippen molar-refractivity contribution in [1.29, 1.82) is 0 Å². The number of ether oxygens (including phenoxy) is 1.